The molecule has 0 aliphatic rings. The van der Waals surface area contributed by atoms with E-state index in [1.54, 1.807) is 37.4 Å². The number of carbonyl (C=O) groups is 1. The summed E-state index contributed by atoms with van der Waals surface area (Å²) < 4.78 is 5.92. The minimum atomic E-state index is -0.379. The average Bonchev–Trinajstić information content (AvgIpc) is 2.53. The highest BCUT2D eigenvalue weighted by molar-refractivity contribution is 9.10. The number of primary amides is 1. The Morgan fingerprint density at radius 2 is 1.67 bits per heavy atom. The van der Waals surface area contributed by atoms with Crippen molar-refractivity contribution in [1.29, 1.82) is 0 Å². The number of hydrogen-bond donors (Lipinski definition) is 2. The van der Waals surface area contributed by atoms with Gasteiger partial charge in [0.05, 0.1) is 11.6 Å². The van der Waals surface area contributed by atoms with E-state index in [1.165, 1.54) is 0 Å². The number of nitrogen functional groups attached to an aromatic ring is 1. The molecule has 0 aliphatic heterocycles. The molecule has 0 saturated carbocycles. The Morgan fingerprint density at radius 1 is 1.10 bits per heavy atom. The molecule has 0 aliphatic carbocycles. The molecular formula is C16H21BrN2O2. The number of ether oxygens (including phenoxy) is 1. The lowest BCUT2D eigenvalue weighted by Gasteiger charge is -2.02. The standard InChI is InChI=1S/C7H8BrNO.C7H7NO.C2H6/c1-10-7-4-5(9)2-3-6(7)8;8-7(9)6-4-2-1-3-5-6;1-2/h2-4H,9H2,1H3;1-5H,(H2,8,9);1-2H3. The van der Waals surface area contributed by atoms with E-state index in [0.717, 1.165) is 10.2 Å². The fraction of sp³-hybridized carbons (Fsp3) is 0.188. The minimum absolute atomic E-state index is 0.379. The molecule has 5 heteroatoms. The van der Waals surface area contributed by atoms with Crippen molar-refractivity contribution in [3.05, 3.63) is 58.6 Å². The van der Waals surface area contributed by atoms with Crippen molar-refractivity contribution in [2.24, 2.45) is 5.73 Å². The van der Waals surface area contributed by atoms with E-state index in [-0.39, 0.29) is 5.91 Å². The topological polar surface area (TPSA) is 78.3 Å². The van der Waals surface area contributed by atoms with Crippen LogP contribution in [0.3, 0.4) is 0 Å². The van der Waals surface area contributed by atoms with E-state index < -0.39 is 0 Å². The van der Waals surface area contributed by atoms with Gasteiger partial charge in [0.15, 0.2) is 0 Å². The summed E-state index contributed by atoms with van der Waals surface area (Å²) in [4.78, 5) is 10.4. The van der Waals surface area contributed by atoms with Gasteiger partial charge in [0.1, 0.15) is 5.75 Å². The van der Waals surface area contributed by atoms with E-state index in [0.29, 0.717) is 11.3 Å². The summed E-state index contributed by atoms with van der Waals surface area (Å²) in [7, 11) is 1.61. The van der Waals surface area contributed by atoms with Gasteiger partial charge in [0.2, 0.25) is 5.91 Å². The first kappa shape index (κ1) is 19.0. The minimum Gasteiger partial charge on any atom is -0.495 e. The van der Waals surface area contributed by atoms with Gasteiger partial charge in [-0.1, -0.05) is 32.0 Å². The van der Waals surface area contributed by atoms with Crippen LogP contribution in [0.25, 0.3) is 0 Å². The second kappa shape index (κ2) is 10.7. The van der Waals surface area contributed by atoms with Crippen molar-refractivity contribution in [2.45, 2.75) is 13.8 Å². The molecule has 4 N–H and O–H groups in total. The summed E-state index contributed by atoms with van der Waals surface area (Å²) in [6.07, 6.45) is 0. The van der Waals surface area contributed by atoms with Crippen molar-refractivity contribution in [3.8, 4) is 5.75 Å². The zero-order valence-corrected chi connectivity index (χ0v) is 14.1. The molecule has 21 heavy (non-hydrogen) atoms. The van der Waals surface area contributed by atoms with Crippen LogP contribution >= 0.6 is 15.9 Å². The first-order chi connectivity index (χ1) is 10.0. The van der Waals surface area contributed by atoms with E-state index in [2.05, 4.69) is 15.9 Å². The lowest BCUT2D eigenvalue weighted by atomic mass is 10.2. The first-order valence-corrected chi connectivity index (χ1v) is 7.27. The van der Waals surface area contributed by atoms with E-state index in [4.69, 9.17) is 16.2 Å². The van der Waals surface area contributed by atoms with Crippen LogP contribution in [0.4, 0.5) is 5.69 Å². The predicted octanol–water partition coefficient (Wildman–Crippen LogP) is 3.85. The number of hydrogen-bond acceptors (Lipinski definition) is 3. The molecule has 0 bridgehead atoms. The molecule has 0 radical (unpaired) electrons. The molecule has 0 atom stereocenters. The Hall–Kier alpha value is -2.01. The highest BCUT2D eigenvalue weighted by Crippen LogP contribution is 2.26. The second-order valence-electron chi connectivity index (χ2n) is 3.62. The normalized spacial score (nSPS) is 8.57. The number of benzene rings is 2. The van der Waals surface area contributed by atoms with Crippen molar-refractivity contribution >= 4 is 27.5 Å². The number of methoxy groups -OCH3 is 1. The van der Waals surface area contributed by atoms with Crippen LogP contribution in [0, 0.1) is 0 Å². The molecule has 0 heterocycles. The fourth-order valence-electron chi connectivity index (χ4n) is 1.28. The van der Waals surface area contributed by atoms with E-state index >= 15 is 0 Å². The highest BCUT2D eigenvalue weighted by atomic mass is 79.9. The fourth-order valence-corrected chi connectivity index (χ4v) is 1.69. The van der Waals surface area contributed by atoms with Gasteiger partial charge in [-0.25, -0.2) is 0 Å². The Bertz CT molecular complexity index is 545. The van der Waals surface area contributed by atoms with Crippen molar-refractivity contribution < 1.29 is 9.53 Å². The SMILES string of the molecule is CC.COc1cc(N)ccc1Br.NC(=O)c1ccccc1. The maximum Gasteiger partial charge on any atom is 0.248 e. The molecule has 1 amide bonds. The smallest absolute Gasteiger partial charge is 0.248 e. The summed E-state index contributed by atoms with van der Waals surface area (Å²) in [6, 6.07) is 14.2. The second-order valence-corrected chi connectivity index (χ2v) is 4.48. The van der Waals surface area contributed by atoms with Gasteiger partial charge in [-0.05, 0) is 40.2 Å². The molecule has 0 aromatic heterocycles. The monoisotopic (exact) mass is 352 g/mol. The van der Waals surface area contributed by atoms with Crippen molar-refractivity contribution in [1.82, 2.24) is 0 Å². The van der Waals surface area contributed by atoms with Gasteiger partial charge >= 0.3 is 0 Å². The summed E-state index contributed by atoms with van der Waals surface area (Å²) in [5.74, 6) is 0.385. The number of halogens is 1. The van der Waals surface area contributed by atoms with Crippen molar-refractivity contribution in [2.75, 3.05) is 12.8 Å². The summed E-state index contributed by atoms with van der Waals surface area (Å²) >= 11 is 3.31. The van der Waals surface area contributed by atoms with Crippen molar-refractivity contribution in [3.63, 3.8) is 0 Å². The molecule has 2 aromatic rings. The maximum absolute atomic E-state index is 10.4. The van der Waals surface area contributed by atoms with Crippen LogP contribution in [0.2, 0.25) is 0 Å². The number of nitrogens with two attached hydrogens (primary N) is 2. The third-order valence-corrected chi connectivity index (χ3v) is 2.89. The Morgan fingerprint density at radius 3 is 2.05 bits per heavy atom. The number of carbonyl (C=O) groups excluding carboxylic acids is 1. The molecule has 0 saturated heterocycles. The summed E-state index contributed by atoms with van der Waals surface area (Å²) in [5.41, 5.74) is 11.7. The number of rotatable bonds is 2. The lowest BCUT2D eigenvalue weighted by molar-refractivity contribution is 0.100. The Kier molecular flexibility index (Phi) is 9.71. The van der Waals surface area contributed by atoms with Gasteiger partial charge in [0.25, 0.3) is 0 Å². The molecule has 2 aromatic carbocycles. The Labute approximate surface area is 134 Å². The Balaban J connectivity index is 0.000000342. The number of anilines is 1. The quantitative estimate of drug-likeness (QED) is 0.805. The van der Waals surface area contributed by atoms with Gasteiger partial charge in [-0.3, -0.25) is 4.79 Å². The molecule has 2 rings (SSSR count). The molecular weight excluding hydrogens is 332 g/mol. The molecule has 114 valence electrons. The van der Waals surface area contributed by atoms with Crippen LogP contribution in [0.15, 0.2) is 53.0 Å². The van der Waals surface area contributed by atoms with Crippen LogP contribution < -0.4 is 16.2 Å². The van der Waals surface area contributed by atoms with Gasteiger partial charge in [-0.2, -0.15) is 0 Å². The summed E-state index contributed by atoms with van der Waals surface area (Å²) in [6.45, 7) is 4.00. The lowest BCUT2D eigenvalue weighted by Crippen LogP contribution is -2.09. The first-order valence-electron chi connectivity index (χ1n) is 6.48. The largest absolute Gasteiger partial charge is 0.495 e. The molecule has 0 spiro atoms. The third kappa shape index (κ3) is 7.37. The summed E-state index contributed by atoms with van der Waals surface area (Å²) in [5, 5.41) is 0. The molecule has 4 nitrogen and oxygen atoms in total. The van der Waals surface area contributed by atoms with Gasteiger partial charge < -0.3 is 16.2 Å². The molecule has 0 fully saturated rings. The zero-order chi connectivity index (χ0) is 16.3. The van der Waals surface area contributed by atoms with E-state index in [1.807, 2.05) is 32.0 Å². The predicted molar refractivity (Wildman–Crippen MR) is 91.4 cm³/mol. The van der Waals surface area contributed by atoms with Crippen LogP contribution in [-0.2, 0) is 0 Å². The third-order valence-electron chi connectivity index (χ3n) is 2.23. The van der Waals surface area contributed by atoms with Crippen LogP contribution in [0.5, 0.6) is 5.75 Å². The highest BCUT2D eigenvalue weighted by Gasteiger charge is 1.97. The van der Waals surface area contributed by atoms with E-state index in [9.17, 15) is 4.79 Å². The van der Waals surface area contributed by atoms with Gasteiger partial charge in [-0.15, -0.1) is 0 Å². The van der Waals surface area contributed by atoms with Gasteiger partial charge in [0, 0.05) is 17.3 Å². The van der Waals surface area contributed by atoms with Crippen LogP contribution in [-0.4, -0.2) is 13.0 Å². The van der Waals surface area contributed by atoms with Crippen LogP contribution in [0.1, 0.15) is 24.2 Å². The zero-order valence-electron chi connectivity index (χ0n) is 12.5. The average molecular weight is 353 g/mol. The molecule has 0 unspecified atom stereocenters. The maximum atomic E-state index is 10.4. The number of amides is 1.